The van der Waals surface area contributed by atoms with Crippen LogP contribution in [-0.2, 0) is 65.4 Å². The number of phosphoric ester groups is 2. The van der Waals surface area contributed by atoms with Gasteiger partial charge in [-0.2, -0.15) is 0 Å². The highest BCUT2D eigenvalue weighted by atomic mass is 31.2. The number of esters is 4. The van der Waals surface area contributed by atoms with E-state index in [2.05, 4.69) is 72.8 Å². The number of aliphatic hydroxyl groups is 1. The molecule has 0 radical (unpaired) electrons. The number of carbonyl (C=O) groups excluding carboxylic acids is 4. The maximum atomic E-state index is 13.0. The molecule has 19 heteroatoms. The first kappa shape index (κ1) is 85.5. The maximum Gasteiger partial charge on any atom is 0.472 e. The van der Waals surface area contributed by atoms with Crippen molar-refractivity contribution in [3.05, 3.63) is 24.3 Å². The zero-order valence-corrected chi connectivity index (χ0v) is 58.5. The lowest BCUT2D eigenvalue weighted by molar-refractivity contribution is -0.161. The molecule has 0 fully saturated rings. The van der Waals surface area contributed by atoms with Crippen LogP contribution in [-0.4, -0.2) is 96.7 Å². The van der Waals surface area contributed by atoms with E-state index in [1.165, 1.54) is 109 Å². The molecule has 3 N–H and O–H groups in total. The van der Waals surface area contributed by atoms with Crippen LogP contribution < -0.4 is 0 Å². The van der Waals surface area contributed by atoms with Crippen molar-refractivity contribution in [2.24, 2.45) is 17.8 Å². The predicted molar refractivity (Wildman–Crippen MR) is 354 cm³/mol. The van der Waals surface area contributed by atoms with Gasteiger partial charge in [-0.3, -0.25) is 37.3 Å². The zero-order valence-electron chi connectivity index (χ0n) is 56.7. The molecule has 0 aliphatic carbocycles. The van der Waals surface area contributed by atoms with Gasteiger partial charge >= 0.3 is 39.5 Å². The van der Waals surface area contributed by atoms with Crippen LogP contribution in [0.1, 0.15) is 318 Å². The fraction of sp³-hybridized carbons (Fsp3) is 0.884. The quantitative estimate of drug-likeness (QED) is 0.0169. The molecule has 0 rings (SSSR count). The summed E-state index contributed by atoms with van der Waals surface area (Å²) < 4.78 is 68.1. The summed E-state index contributed by atoms with van der Waals surface area (Å²) in [7, 11) is -9.91. The topological polar surface area (TPSA) is 237 Å². The lowest BCUT2D eigenvalue weighted by atomic mass is 10.0. The average Bonchev–Trinajstić information content (AvgIpc) is 3.55. The van der Waals surface area contributed by atoms with Crippen molar-refractivity contribution in [2.45, 2.75) is 336 Å². The summed E-state index contributed by atoms with van der Waals surface area (Å²) in [4.78, 5) is 72.4. The molecule has 17 nitrogen and oxygen atoms in total. The summed E-state index contributed by atoms with van der Waals surface area (Å²) in [6.07, 6.45) is 45.4. The van der Waals surface area contributed by atoms with Crippen LogP contribution in [0.4, 0.5) is 0 Å². The van der Waals surface area contributed by atoms with Crippen LogP contribution in [0.2, 0.25) is 0 Å². The van der Waals surface area contributed by atoms with Crippen molar-refractivity contribution in [2.75, 3.05) is 39.6 Å². The van der Waals surface area contributed by atoms with E-state index in [0.29, 0.717) is 37.5 Å². The van der Waals surface area contributed by atoms with Gasteiger partial charge in [0.05, 0.1) is 26.4 Å². The zero-order chi connectivity index (χ0) is 65.2. The smallest absolute Gasteiger partial charge is 0.462 e. The number of allylic oxidation sites excluding steroid dienone is 4. The molecule has 0 heterocycles. The molecule has 0 aliphatic rings. The first-order valence-corrected chi connectivity index (χ1v) is 38.2. The van der Waals surface area contributed by atoms with E-state index in [-0.39, 0.29) is 25.7 Å². The van der Waals surface area contributed by atoms with Crippen LogP contribution in [0.25, 0.3) is 0 Å². The third-order valence-corrected chi connectivity index (χ3v) is 17.2. The van der Waals surface area contributed by atoms with Crippen molar-refractivity contribution >= 4 is 39.5 Å². The van der Waals surface area contributed by atoms with E-state index in [4.69, 9.17) is 37.0 Å². The molecular formula is C69H130O17P2. The van der Waals surface area contributed by atoms with Gasteiger partial charge in [0, 0.05) is 25.7 Å². The molecule has 0 aliphatic heterocycles. The summed E-state index contributed by atoms with van der Waals surface area (Å²) in [6.45, 7) is 11.6. The highest BCUT2D eigenvalue weighted by molar-refractivity contribution is 7.47. The summed E-state index contributed by atoms with van der Waals surface area (Å²) in [5.74, 6) is -0.00863. The molecule has 5 atom stereocenters. The van der Waals surface area contributed by atoms with Crippen LogP contribution in [0, 0.1) is 17.8 Å². The Morgan fingerprint density at radius 3 is 0.920 bits per heavy atom. The second-order valence-electron chi connectivity index (χ2n) is 25.7. The minimum absolute atomic E-state index is 0.0841. The number of ether oxygens (including phenoxy) is 4. The molecule has 0 spiro atoms. The summed E-state index contributed by atoms with van der Waals surface area (Å²) in [5.41, 5.74) is 0. The number of phosphoric acid groups is 2. The molecule has 0 aromatic carbocycles. The highest BCUT2D eigenvalue weighted by Crippen LogP contribution is 2.45. The maximum absolute atomic E-state index is 13.0. The second-order valence-corrected chi connectivity index (χ2v) is 28.6. The van der Waals surface area contributed by atoms with Crippen LogP contribution in [0.15, 0.2) is 24.3 Å². The Morgan fingerprint density at radius 1 is 0.352 bits per heavy atom. The lowest BCUT2D eigenvalue weighted by Crippen LogP contribution is -2.30. The van der Waals surface area contributed by atoms with Crippen molar-refractivity contribution in [1.82, 2.24) is 0 Å². The number of rotatable bonds is 65. The standard InChI is InChI=1S/C69H130O17P2/c1-8-9-10-11-12-13-14-15-16-17-18-23-30-38-45-52-68(73)85-64(56-79-66(71)50-43-36-29-22-20-19-21-26-33-40-47-60(2)3)58-83-87(75,76)81-54-63(70)55-82-88(77,78)84-59-65(86-69(74)53-46-39-32-25-28-35-42-49-62(6)7)57-80-67(72)51-44-37-31-24-27-34-41-48-61(4)5/h13-16,60-65,70H,8-12,17-59H2,1-7H3,(H,75,76)(H,77,78)/b14-13-,16-15-/t63?,64-,65-/m1/s1. The van der Waals surface area contributed by atoms with E-state index >= 15 is 0 Å². The molecule has 0 aromatic rings. The third kappa shape index (κ3) is 62.4. The van der Waals surface area contributed by atoms with Gasteiger partial charge in [0.1, 0.15) is 19.3 Å². The molecule has 0 saturated carbocycles. The Balaban J connectivity index is 5.29. The monoisotopic (exact) mass is 1290 g/mol. The van der Waals surface area contributed by atoms with Crippen molar-refractivity contribution in [1.29, 1.82) is 0 Å². The Hall–Kier alpha value is -2.46. The average molecular weight is 1290 g/mol. The Bertz CT molecular complexity index is 1830. The largest absolute Gasteiger partial charge is 0.472 e. The van der Waals surface area contributed by atoms with Crippen molar-refractivity contribution < 1.29 is 80.2 Å². The van der Waals surface area contributed by atoms with E-state index in [0.717, 1.165) is 115 Å². The van der Waals surface area contributed by atoms with Gasteiger partial charge in [-0.25, -0.2) is 9.13 Å². The molecule has 0 aromatic heterocycles. The lowest BCUT2D eigenvalue weighted by Gasteiger charge is -2.21. The molecule has 518 valence electrons. The fourth-order valence-corrected chi connectivity index (χ4v) is 11.4. The molecule has 88 heavy (non-hydrogen) atoms. The number of hydrogen-bond acceptors (Lipinski definition) is 15. The second kappa shape index (κ2) is 59.5. The number of unbranched alkanes of at least 4 members (excludes halogenated alkanes) is 30. The Kier molecular flexibility index (Phi) is 57.9. The van der Waals surface area contributed by atoms with Crippen LogP contribution in [0.5, 0.6) is 0 Å². The van der Waals surface area contributed by atoms with Gasteiger partial charge < -0.3 is 33.8 Å². The van der Waals surface area contributed by atoms with E-state index < -0.39 is 97.5 Å². The van der Waals surface area contributed by atoms with E-state index in [1.807, 2.05) is 0 Å². The Morgan fingerprint density at radius 2 is 0.614 bits per heavy atom. The van der Waals surface area contributed by atoms with Crippen LogP contribution in [0.3, 0.4) is 0 Å². The number of carbonyl (C=O) groups is 4. The Labute approximate surface area is 535 Å². The molecule has 0 saturated heterocycles. The van der Waals surface area contributed by atoms with Gasteiger partial charge in [-0.1, -0.05) is 265 Å². The van der Waals surface area contributed by atoms with Gasteiger partial charge in [0.2, 0.25) is 0 Å². The van der Waals surface area contributed by atoms with Crippen molar-refractivity contribution in [3.8, 4) is 0 Å². The molecule has 0 amide bonds. The van der Waals surface area contributed by atoms with E-state index in [1.54, 1.807) is 0 Å². The van der Waals surface area contributed by atoms with Gasteiger partial charge in [0.25, 0.3) is 0 Å². The molecule has 0 bridgehead atoms. The first-order chi connectivity index (χ1) is 42.2. The van der Waals surface area contributed by atoms with E-state index in [9.17, 15) is 43.2 Å². The highest BCUT2D eigenvalue weighted by Gasteiger charge is 2.30. The summed E-state index contributed by atoms with van der Waals surface area (Å²) in [5, 5.41) is 10.6. The molecule has 3 unspecified atom stereocenters. The first-order valence-electron chi connectivity index (χ1n) is 35.2. The fourth-order valence-electron chi connectivity index (χ4n) is 9.82. The number of hydrogen-bond donors (Lipinski definition) is 3. The van der Waals surface area contributed by atoms with Gasteiger partial charge in [-0.05, 0) is 69.1 Å². The van der Waals surface area contributed by atoms with Gasteiger partial charge in [-0.15, -0.1) is 0 Å². The number of aliphatic hydroxyl groups excluding tert-OH is 1. The predicted octanol–water partition coefficient (Wildman–Crippen LogP) is 19.0. The minimum Gasteiger partial charge on any atom is -0.462 e. The van der Waals surface area contributed by atoms with Crippen molar-refractivity contribution in [3.63, 3.8) is 0 Å². The van der Waals surface area contributed by atoms with Crippen LogP contribution >= 0.6 is 15.6 Å². The third-order valence-electron chi connectivity index (χ3n) is 15.3. The van der Waals surface area contributed by atoms with Gasteiger partial charge in [0.15, 0.2) is 12.2 Å². The summed E-state index contributed by atoms with van der Waals surface area (Å²) >= 11 is 0. The SMILES string of the molecule is CCCCCC/C=C\C=C/CCCCCCCC(=O)O[C@H](COC(=O)CCCCCCCCCCCCC(C)C)COP(=O)(O)OCC(O)COP(=O)(O)OC[C@@H](COC(=O)CCCCCCCCCC(C)C)OC(=O)CCCCCCCCCC(C)C. The summed E-state index contributed by atoms with van der Waals surface area (Å²) in [6, 6.07) is 0. The molecular weight excluding hydrogens is 1160 g/mol. The minimum atomic E-state index is -4.96. The normalized spacial score (nSPS) is 14.4.